The molecule has 1 aromatic rings. The molecule has 0 saturated heterocycles. The number of hydrogen-bond acceptors (Lipinski definition) is 2. The summed E-state index contributed by atoms with van der Waals surface area (Å²) in [6, 6.07) is 4.48. The maximum Gasteiger partial charge on any atom is 0.123 e. The summed E-state index contributed by atoms with van der Waals surface area (Å²) in [4.78, 5) is 2.14. The maximum atomic E-state index is 13.0. The molecule has 1 aromatic carbocycles. The minimum absolute atomic E-state index is 0.233. The smallest absolute Gasteiger partial charge is 0.123 e. The fourth-order valence-corrected chi connectivity index (χ4v) is 1.74. The number of rotatable bonds is 6. The molecule has 2 nitrogen and oxygen atoms in total. The molecule has 16 heavy (non-hydrogen) atoms. The fourth-order valence-electron chi connectivity index (χ4n) is 1.56. The monoisotopic (exact) mass is 244 g/mol. The van der Waals surface area contributed by atoms with Crippen LogP contribution in [-0.2, 0) is 6.54 Å². The molecule has 0 amide bonds. The molecule has 0 aliphatic rings. The Labute approximate surface area is 101 Å². The summed E-state index contributed by atoms with van der Waals surface area (Å²) in [5, 5.41) is 3.72. The minimum atomic E-state index is -0.233. The normalized spacial score (nSPS) is 11.1. The molecule has 0 radical (unpaired) electrons. The summed E-state index contributed by atoms with van der Waals surface area (Å²) >= 11 is 6.00. The van der Waals surface area contributed by atoms with E-state index in [0.717, 1.165) is 25.1 Å². The summed E-state index contributed by atoms with van der Waals surface area (Å²) in [5.74, 6) is -0.233. The van der Waals surface area contributed by atoms with Gasteiger partial charge < -0.3 is 10.2 Å². The van der Waals surface area contributed by atoms with E-state index < -0.39 is 0 Å². The molecule has 0 aliphatic heterocycles. The zero-order valence-corrected chi connectivity index (χ0v) is 10.5. The third kappa shape index (κ3) is 4.47. The zero-order chi connectivity index (χ0) is 12.0. The van der Waals surface area contributed by atoms with Gasteiger partial charge in [0.2, 0.25) is 0 Å². The van der Waals surface area contributed by atoms with E-state index in [1.165, 1.54) is 12.1 Å². The Morgan fingerprint density at radius 3 is 2.88 bits per heavy atom. The highest BCUT2D eigenvalue weighted by molar-refractivity contribution is 6.31. The third-order valence-corrected chi connectivity index (χ3v) is 2.78. The first-order valence-corrected chi connectivity index (χ1v) is 5.78. The van der Waals surface area contributed by atoms with Crippen molar-refractivity contribution in [3.8, 4) is 0 Å². The van der Waals surface area contributed by atoms with E-state index in [-0.39, 0.29) is 5.82 Å². The van der Waals surface area contributed by atoms with E-state index in [2.05, 4.69) is 10.2 Å². The average molecular weight is 245 g/mol. The average Bonchev–Trinajstić information content (AvgIpc) is 2.24. The molecule has 0 fully saturated rings. The van der Waals surface area contributed by atoms with Gasteiger partial charge >= 0.3 is 0 Å². The van der Waals surface area contributed by atoms with Gasteiger partial charge in [0, 0.05) is 11.6 Å². The van der Waals surface area contributed by atoms with Crippen molar-refractivity contribution in [2.45, 2.75) is 13.0 Å². The lowest BCUT2D eigenvalue weighted by atomic mass is 10.2. The predicted octanol–water partition coefficient (Wildman–Crippen LogP) is 2.52. The van der Waals surface area contributed by atoms with E-state index >= 15 is 0 Å². The molecule has 0 bridgehead atoms. The van der Waals surface area contributed by atoms with Crippen LogP contribution in [0.1, 0.15) is 12.0 Å². The fraction of sp³-hybridized carbons (Fsp3) is 0.500. The Morgan fingerprint density at radius 2 is 2.19 bits per heavy atom. The lowest BCUT2D eigenvalue weighted by Crippen LogP contribution is -2.22. The summed E-state index contributed by atoms with van der Waals surface area (Å²) in [6.45, 7) is 2.63. The SMILES string of the molecule is CNCCCN(C)Cc1cc(F)ccc1Cl. The molecular weight excluding hydrogens is 227 g/mol. The van der Waals surface area contributed by atoms with Crippen molar-refractivity contribution < 1.29 is 4.39 Å². The Morgan fingerprint density at radius 1 is 1.44 bits per heavy atom. The second-order valence-electron chi connectivity index (χ2n) is 3.93. The van der Waals surface area contributed by atoms with Gasteiger partial charge in [-0.1, -0.05) is 11.6 Å². The van der Waals surface area contributed by atoms with E-state index in [4.69, 9.17) is 11.6 Å². The third-order valence-electron chi connectivity index (χ3n) is 2.41. The first kappa shape index (κ1) is 13.4. The highest BCUT2D eigenvalue weighted by atomic mass is 35.5. The minimum Gasteiger partial charge on any atom is -0.320 e. The Bertz CT molecular complexity index is 331. The van der Waals surface area contributed by atoms with E-state index in [9.17, 15) is 4.39 Å². The van der Waals surface area contributed by atoms with Crippen molar-refractivity contribution in [3.05, 3.63) is 34.6 Å². The molecule has 0 aliphatic carbocycles. The number of nitrogens with zero attached hydrogens (tertiary/aromatic N) is 1. The first-order chi connectivity index (χ1) is 7.63. The number of nitrogens with one attached hydrogen (secondary N) is 1. The predicted molar refractivity (Wildman–Crippen MR) is 66.3 cm³/mol. The van der Waals surface area contributed by atoms with Gasteiger partial charge in [-0.05, 0) is 57.4 Å². The molecule has 0 spiro atoms. The summed E-state index contributed by atoms with van der Waals surface area (Å²) in [6.07, 6.45) is 1.07. The Kier molecular flexibility index (Phi) is 5.74. The lowest BCUT2D eigenvalue weighted by molar-refractivity contribution is 0.320. The topological polar surface area (TPSA) is 15.3 Å². The molecule has 0 heterocycles. The molecule has 0 saturated carbocycles. The van der Waals surface area contributed by atoms with E-state index in [1.54, 1.807) is 6.07 Å². The molecule has 1 rings (SSSR count). The van der Waals surface area contributed by atoms with Crippen LogP contribution >= 0.6 is 11.6 Å². The van der Waals surface area contributed by atoms with Crippen molar-refractivity contribution in [1.29, 1.82) is 0 Å². The van der Waals surface area contributed by atoms with Crippen molar-refractivity contribution in [3.63, 3.8) is 0 Å². The molecule has 90 valence electrons. The van der Waals surface area contributed by atoms with Crippen LogP contribution in [0.4, 0.5) is 4.39 Å². The number of halogens is 2. The van der Waals surface area contributed by atoms with Crippen LogP contribution in [0.25, 0.3) is 0 Å². The van der Waals surface area contributed by atoms with Crippen molar-refractivity contribution in [2.24, 2.45) is 0 Å². The van der Waals surface area contributed by atoms with Crippen molar-refractivity contribution in [1.82, 2.24) is 10.2 Å². The second-order valence-corrected chi connectivity index (χ2v) is 4.34. The van der Waals surface area contributed by atoms with Gasteiger partial charge in [-0.25, -0.2) is 4.39 Å². The van der Waals surface area contributed by atoms with Gasteiger partial charge in [0.25, 0.3) is 0 Å². The quantitative estimate of drug-likeness (QED) is 0.774. The van der Waals surface area contributed by atoms with Gasteiger partial charge in [-0.2, -0.15) is 0 Å². The highest BCUT2D eigenvalue weighted by Crippen LogP contribution is 2.18. The Balaban J connectivity index is 2.48. The summed E-state index contributed by atoms with van der Waals surface area (Å²) in [5.41, 5.74) is 0.841. The molecule has 0 atom stereocenters. The van der Waals surface area contributed by atoms with Crippen LogP contribution in [0, 0.1) is 5.82 Å². The van der Waals surface area contributed by atoms with Gasteiger partial charge in [-0.3, -0.25) is 0 Å². The van der Waals surface area contributed by atoms with Crippen molar-refractivity contribution in [2.75, 3.05) is 27.2 Å². The summed E-state index contributed by atoms with van der Waals surface area (Å²) in [7, 11) is 3.94. The van der Waals surface area contributed by atoms with Gasteiger partial charge in [0.05, 0.1) is 0 Å². The summed E-state index contributed by atoms with van der Waals surface area (Å²) < 4.78 is 13.0. The second kappa shape index (κ2) is 6.84. The first-order valence-electron chi connectivity index (χ1n) is 5.40. The molecule has 0 aromatic heterocycles. The maximum absolute atomic E-state index is 13.0. The molecule has 4 heteroatoms. The van der Waals surface area contributed by atoms with Gasteiger partial charge in [-0.15, -0.1) is 0 Å². The van der Waals surface area contributed by atoms with E-state index in [0.29, 0.717) is 11.6 Å². The highest BCUT2D eigenvalue weighted by Gasteiger charge is 2.05. The van der Waals surface area contributed by atoms with E-state index in [1.807, 2.05) is 14.1 Å². The number of hydrogen-bond donors (Lipinski definition) is 1. The van der Waals surface area contributed by atoms with Crippen LogP contribution in [-0.4, -0.2) is 32.1 Å². The largest absolute Gasteiger partial charge is 0.320 e. The van der Waals surface area contributed by atoms with Crippen LogP contribution < -0.4 is 5.32 Å². The van der Waals surface area contributed by atoms with Crippen LogP contribution in [0.5, 0.6) is 0 Å². The van der Waals surface area contributed by atoms with Crippen LogP contribution in [0.15, 0.2) is 18.2 Å². The standard InChI is InChI=1S/C12H18ClFN2/c1-15-6-3-7-16(2)9-10-8-11(14)4-5-12(10)13/h4-5,8,15H,3,6-7,9H2,1-2H3. The molecule has 1 N–H and O–H groups in total. The van der Waals surface area contributed by atoms with Crippen LogP contribution in [0.3, 0.4) is 0 Å². The molecule has 0 unspecified atom stereocenters. The lowest BCUT2D eigenvalue weighted by Gasteiger charge is -2.17. The van der Waals surface area contributed by atoms with Gasteiger partial charge in [0.15, 0.2) is 0 Å². The van der Waals surface area contributed by atoms with Crippen LogP contribution in [0.2, 0.25) is 5.02 Å². The zero-order valence-electron chi connectivity index (χ0n) is 9.76. The molecular formula is C12H18ClFN2. The van der Waals surface area contributed by atoms with Gasteiger partial charge in [0.1, 0.15) is 5.82 Å². The number of benzene rings is 1. The van der Waals surface area contributed by atoms with Crippen molar-refractivity contribution >= 4 is 11.6 Å². The Hall–Kier alpha value is -0.640.